The lowest BCUT2D eigenvalue weighted by Crippen LogP contribution is -2.15. The van der Waals surface area contributed by atoms with Crippen molar-refractivity contribution in [2.45, 2.75) is 19.4 Å². The van der Waals surface area contributed by atoms with Crippen LogP contribution in [0, 0.1) is 0 Å². The van der Waals surface area contributed by atoms with Crippen LogP contribution in [0.1, 0.15) is 13.8 Å². The van der Waals surface area contributed by atoms with Crippen molar-refractivity contribution in [3.63, 3.8) is 0 Å². The van der Waals surface area contributed by atoms with Gasteiger partial charge in [0.1, 0.15) is 6.61 Å². The summed E-state index contributed by atoms with van der Waals surface area (Å²) in [4.78, 5) is 10.2. The second-order valence-corrected chi connectivity index (χ2v) is 2.15. The monoisotopic (exact) mass is 166 g/mol. The number of alkyl halides is 1. The van der Waals surface area contributed by atoms with E-state index in [1.165, 1.54) is 6.92 Å². The maximum absolute atomic E-state index is 10.2. The van der Waals surface area contributed by atoms with Crippen LogP contribution in [0.25, 0.3) is 0 Å². The van der Waals surface area contributed by atoms with Crippen LogP contribution in [0.15, 0.2) is 0 Å². The van der Waals surface area contributed by atoms with Gasteiger partial charge < -0.3 is 9.47 Å². The Bertz CT molecular complexity index is 105. The number of carbonyl (C=O) groups excluding carboxylic acids is 1. The number of hydrogen-bond acceptors (Lipinski definition) is 3. The zero-order valence-electron chi connectivity index (χ0n) is 6.09. The SMILES string of the molecule is CCOC(Cl)COC(C)=O. The number of hydrogen-bond donors (Lipinski definition) is 0. The molecule has 0 fully saturated rings. The third-order valence-electron chi connectivity index (χ3n) is 0.765. The zero-order chi connectivity index (χ0) is 7.98. The van der Waals surface area contributed by atoms with Gasteiger partial charge in [-0.05, 0) is 6.92 Å². The van der Waals surface area contributed by atoms with E-state index in [-0.39, 0.29) is 12.6 Å². The van der Waals surface area contributed by atoms with Crippen LogP contribution < -0.4 is 0 Å². The van der Waals surface area contributed by atoms with E-state index in [1.54, 1.807) is 0 Å². The van der Waals surface area contributed by atoms with Crippen molar-refractivity contribution in [2.24, 2.45) is 0 Å². The van der Waals surface area contributed by atoms with Crippen LogP contribution in [0.5, 0.6) is 0 Å². The molecule has 0 aromatic heterocycles. The van der Waals surface area contributed by atoms with Crippen LogP contribution in [-0.2, 0) is 14.3 Å². The van der Waals surface area contributed by atoms with Crippen molar-refractivity contribution in [1.29, 1.82) is 0 Å². The first-order chi connectivity index (χ1) is 4.66. The summed E-state index contributed by atoms with van der Waals surface area (Å²) in [5, 5.41) is 0. The van der Waals surface area contributed by atoms with Crippen LogP contribution in [0.3, 0.4) is 0 Å². The summed E-state index contributed by atoms with van der Waals surface area (Å²) >= 11 is 5.53. The molecule has 0 saturated carbocycles. The summed E-state index contributed by atoms with van der Waals surface area (Å²) in [6.07, 6.45) is 0. The van der Waals surface area contributed by atoms with Crippen molar-refractivity contribution in [1.82, 2.24) is 0 Å². The zero-order valence-corrected chi connectivity index (χ0v) is 6.85. The van der Waals surface area contributed by atoms with Crippen molar-refractivity contribution >= 4 is 17.6 Å². The Balaban J connectivity index is 3.21. The molecule has 0 spiro atoms. The maximum atomic E-state index is 10.2. The molecule has 1 unspecified atom stereocenters. The predicted octanol–water partition coefficient (Wildman–Crippen LogP) is 1.15. The molecule has 0 N–H and O–H groups in total. The second kappa shape index (κ2) is 5.50. The minimum absolute atomic E-state index is 0.116. The van der Waals surface area contributed by atoms with Gasteiger partial charge in [-0.25, -0.2) is 0 Å². The highest BCUT2D eigenvalue weighted by atomic mass is 35.5. The molecule has 0 bridgehead atoms. The lowest BCUT2D eigenvalue weighted by molar-refractivity contribution is -0.143. The number of rotatable bonds is 4. The summed E-state index contributed by atoms with van der Waals surface area (Å²) in [5.74, 6) is -0.342. The first-order valence-electron chi connectivity index (χ1n) is 3.05. The van der Waals surface area contributed by atoms with E-state index < -0.39 is 5.56 Å². The Labute approximate surface area is 65.3 Å². The molecule has 1 atom stereocenters. The van der Waals surface area contributed by atoms with E-state index in [9.17, 15) is 4.79 Å². The normalized spacial score (nSPS) is 12.7. The molecule has 0 aliphatic heterocycles. The maximum Gasteiger partial charge on any atom is 0.302 e. The fourth-order valence-corrected chi connectivity index (χ4v) is 0.601. The average molecular weight is 167 g/mol. The third kappa shape index (κ3) is 5.85. The van der Waals surface area contributed by atoms with Crippen molar-refractivity contribution < 1.29 is 14.3 Å². The molecule has 4 heteroatoms. The fourth-order valence-electron chi connectivity index (χ4n) is 0.412. The molecule has 60 valence electrons. The summed E-state index contributed by atoms with van der Waals surface area (Å²) in [5.41, 5.74) is -0.520. The van der Waals surface area contributed by atoms with E-state index in [4.69, 9.17) is 16.3 Å². The highest BCUT2D eigenvalue weighted by Gasteiger charge is 2.03. The van der Waals surface area contributed by atoms with E-state index in [0.29, 0.717) is 6.61 Å². The largest absolute Gasteiger partial charge is 0.462 e. The van der Waals surface area contributed by atoms with E-state index in [0.717, 1.165) is 0 Å². The first-order valence-corrected chi connectivity index (χ1v) is 3.49. The molecule has 0 aliphatic carbocycles. The Morgan fingerprint density at radius 1 is 1.70 bits per heavy atom. The molecule has 0 saturated heterocycles. The standard InChI is InChI=1S/C6H11ClO3/c1-3-9-6(7)4-10-5(2)8/h6H,3-4H2,1-2H3. The molecule has 0 aliphatic rings. The van der Waals surface area contributed by atoms with E-state index in [2.05, 4.69) is 4.74 Å². The second-order valence-electron chi connectivity index (χ2n) is 1.67. The Morgan fingerprint density at radius 3 is 2.70 bits per heavy atom. The van der Waals surface area contributed by atoms with Gasteiger partial charge in [0.25, 0.3) is 0 Å². The predicted molar refractivity (Wildman–Crippen MR) is 37.9 cm³/mol. The molecule has 0 rings (SSSR count). The van der Waals surface area contributed by atoms with Crippen LogP contribution in [0.4, 0.5) is 0 Å². The first kappa shape index (κ1) is 9.72. The fraction of sp³-hybridized carbons (Fsp3) is 0.833. The Morgan fingerprint density at radius 2 is 2.30 bits per heavy atom. The quantitative estimate of drug-likeness (QED) is 0.464. The third-order valence-corrected chi connectivity index (χ3v) is 1.02. The lowest BCUT2D eigenvalue weighted by Gasteiger charge is -2.07. The minimum Gasteiger partial charge on any atom is -0.462 e. The summed E-state index contributed by atoms with van der Waals surface area (Å²) in [6, 6.07) is 0. The molecule has 3 nitrogen and oxygen atoms in total. The van der Waals surface area contributed by atoms with Gasteiger partial charge in [0.2, 0.25) is 0 Å². The van der Waals surface area contributed by atoms with Crippen molar-refractivity contribution in [2.75, 3.05) is 13.2 Å². The van der Waals surface area contributed by atoms with Gasteiger partial charge in [-0.3, -0.25) is 4.79 Å². The number of ether oxygens (including phenoxy) is 2. The van der Waals surface area contributed by atoms with E-state index in [1.807, 2.05) is 6.92 Å². The topological polar surface area (TPSA) is 35.5 Å². The van der Waals surface area contributed by atoms with Gasteiger partial charge in [0.05, 0.1) is 0 Å². The van der Waals surface area contributed by atoms with Crippen molar-refractivity contribution in [3.8, 4) is 0 Å². The van der Waals surface area contributed by atoms with Crippen LogP contribution in [-0.4, -0.2) is 24.7 Å². The average Bonchev–Trinajstić information content (AvgIpc) is 1.85. The molecule has 0 amide bonds. The summed E-state index contributed by atoms with van der Waals surface area (Å²) in [7, 11) is 0. The van der Waals surface area contributed by atoms with Crippen molar-refractivity contribution in [3.05, 3.63) is 0 Å². The number of halogens is 1. The molecule has 0 heterocycles. The summed E-state index contributed by atoms with van der Waals surface area (Å²) in [6.45, 7) is 3.79. The Kier molecular flexibility index (Phi) is 5.35. The Hall–Kier alpha value is -0.280. The highest BCUT2D eigenvalue weighted by molar-refractivity contribution is 6.19. The molecular formula is C6H11ClO3. The number of carbonyl (C=O) groups is 1. The van der Waals surface area contributed by atoms with Gasteiger partial charge in [-0.15, -0.1) is 0 Å². The van der Waals surface area contributed by atoms with Gasteiger partial charge >= 0.3 is 5.97 Å². The lowest BCUT2D eigenvalue weighted by atomic mass is 10.7. The highest BCUT2D eigenvalue weighted by Crippen LogP contribution is 1.98. The van der Waals surface area contributed by atoms with Gasteiger partial charge in [0.15, 0.2) is 5.56 Å². The summed E-state index contributed by atoms with van der Waals surface area (Å²) < 4.78 is 9.44. The molecular weight excluding hydrogens is 156 g/mol. The molecule has 0 aromatic rings. The number of esters is 1. The van der Waals surface area contributed by atoms with E-state index >= 15 is 0 Å². The minimum atomic E-state index is -0.520. The smallest absolute Gasteiger partial charge is 0.302 e. The van der Waals surface area contributed by atoms with Gasteiger partial charge in [-0.1, -0.05) is 11.6 Å². The molecule has 10 heavy (non-hydrogen) atoms. The van der Waals surface area contributed by atoms with Crippen LogP contribution >= 0.6 is 11.6 Å². The van der Waals surface area contributed by atoms with Crippen LogP contribution in [0.2, 0.25) is 0 Å². The molecule has 0 aromatic carbocycles. The van der Waals surface area contributed by atoms with Gasteiger partial charge in [0, 0.05) is 13.5 Å². The van der Waals surface area contributed by atoms with Gasteiger partial charge in [-0.2, -0.15) is 0 Å². The molecule has 0 radical (unpaired) electrons.